The quantitative estimate of drug-likeness (QED) is 0.440. The van der Waals surface area contributed by atoms with E-state index < -0.39 is 10.0 Å². The molecule has 1 rings (SSSR count). The molecule has 0 radical (unpaired) electrons. The van der Waals surface area contributed by atoms with Crippen LogP contribution in [0.4, 0.5) is 0 Å². The van der Waals surface area contributed by atoms with Crippen molar-refractivity contribution in [2.45, 2.75) is 38.0 Å². The second kappa shape index (κ2) is 8.66. The van der Waals surface area contributed by atoms with Gasteiger partial charge in [0.15, 0.2) is 0 Å². The van der Waals surface area contributed by atoms with Crippen LogP contribution in [0.5, 0.6) is 0 Å². The molecule has 0 fully saturated rings. The lowest BCUT2D eigenvalue weighted by atomic mass is 10.2. The van der Waals surface area contributed by atoms with Gasteiger partial charge in [0.05, 0.1) is 11.4 Å². The fraction of sp³-hybridized carbons (Fsp3) is 0.412. The Morgan fingerprint density at radius 2 is 1.90 bits per heavy atom. The molecule has 1 aromatic carbocycles. The Kier molecular flexibility index (Phi) is 7.21. The summed E-state index contributed by atoms with van der Waals surface area (Å²) in [6.45, 7) is 8.12. The topological polar surface area (TPSA) is 37.4 Å². The molecule has 0 spiro atoms. The van der Waals surface area contributed by atoms with E-state index in [4.69, 9.17) is 0 Å². The molecule has 1 aromatic rings. The number of unbranched alkanes of at least 4 members (excludes halogenated alkanes) is 2. The molecule has 0 heterocycles. The molecule has 0 aliphatic carbocycles. The van der Waals surface area contributed by atoms with Gasteiger partial charge in [0.1, 0.15) is 0 Å². The van der Waals surface area contributed by atoms with Crippen molar-refractivity contribution in [3.8, 4) is 11.8 Å². The Morgan fingerprint density at radius 3 is 2.48 bits per heavy atom. The Labute approximate surface area is 128 Å². The van der Waals surface area contributed by atoms with Gasteiger partial charge in [-0.25, -0.2) is 8.42 Å². The van der Waals surface area contributed by atoms with E-state index in [1.54, 1.807) is 30.3 Å². The van der Waals surface area contributed by atoms with E-state index in [-0.39, 0.29) is 13.1 Å². The summed E-state index contributed by atoms with van der Waals surface area (Å²) in [7, 11) is -3.51. The van der Waals surface area contributed by atoms with E-state index in [1.807, 2.05) is 6.92 Å². The fourth-order valence-electron chi connectivity index (χ4n) is 1.75. The molecule has 0 N–H and O–H groups in total. The summed E-state index contributed by atoms with van der Waals surface area (Å²) in [6.07, 6.45) is 4.52. The van der Waals surface area contributed by atoms with Gasteiger partial charge in [0, 0.05) is 13.0 Å². The van der Waals surface area contributed by atoms with E-state index >= 15 is 0 Å². The number of aryl methyl sites for hydroxylation is 1. The monoisotopic (exact) mass is 305 g/mol. The van der Waals surface area contributed by atoms with Gasteiger partial charge in [-0.15, -0.1) is 12.5 Å². The second-order valence-corrected chi connectivity index (χ2v) is 6.79. The first kappa shape index (κ1) is 17.5. The van der Waals surface area contributed by atoms with Crippen LogP contribution in [0.1, 0.15) is 31.7 Å². The van der Waals surface area contributed by atoms with E-state index in [0.717, 1.165) is 24.8 Å². The normalized spacial score (nSPS) is 11.0. The van der Waals surface area contributed by atoms with Crippen molar-refractivity contribution < 1.29 is 8.42 Å². The number of hydrogen-bond donors (Lipinski definition) is 0. The van der Waals surface area contributed by atoms with Crippen LogP contribution in [0.15, 0.2) is 41.8 Å². The highest BCUT2D eigenvalue weighted by atomic mass is 32.2. The Morgan fingerprint density at radius 1 is 1.24 bits per heavy atom. The molecule has 0 bridgehead atoms. The van der Waals surface area contributed by atoms with Gasteiger partial charge < -0.3 is 0 Å². The highest BCUT2D eigenvalue weighted by Crippen LogP contribution is 2.16. The highest BCUT2D eigenvalue weighted by Gasteiger charge is 2.22. The zero-order chi connectivity index (χ0) is 15.7. The zero-order valence-electron chi connectivity index (χ0n) is 12.8. The van der Waals surface area contributed by atoms with Gasteiger partial charge in [-0.3, -0.25) is 0 Å². The highest BCUT2D eigenvalue weighted by molar-refractivity contribution is 7.89. The number of benzene rings is 1. The summed E-state index contributed by atoms with van der Waals surface area (Å²) in [4.78, 5) is 0.297. The molecule has 0 atom stereocenters. The number of rotatable bonds is 7. The molecular weight excluding hydrogens is 282 g/mol. The van der Waals surface area contributed by atoms with E-state index in [1.165, 1.54) is 4.31 Å². The van der Waals surface area contributed by atoms with Crippen molar-refractivity contribution in [3.05, 3.63) is 42.5 Å². The van der Waals surface area contributed by atoms with Crippen molar-refractivity contribution in [2.75, 3.05) is 13.1 Å². The average Bonchev–Trinajstić information content (AvgIpc) is 2.46. The minimum absolute atomic E-state index is 0.200. The number of sulfonamides is 1. The molecule has 0 unspecified atom stereocenters. The summed E-state index contributed by atoms with van der Waals surface area (Å²) in [5.41, 5.74) is 1.03. The maximum absolute atomic E-state index is 12.6. The van der Waals surface area contributed by atoms with Crippen LogP contribution in [-0.2, 0) is 10.0 Å². The van der Waals surface area contributed by atoms with Gasteiger partial charge in [-0.2, -0.15) is 4.31 Å². The maximum Gasteiger partial charge on any atom is 0.244 e. The van der Waals surface area contributed by atoms with Gasteiger partial charge >= 0.3 is 0 Å². The largest absolute Gasteiger partial charge is 0.244 e. The number of hydrogen-bond acceptors (Lipinski definition) is 2. The van der Waals surface area contributed by atoms with Crippen LogP contribution < -0.4 is 0 Å². The Bertz CT molecular complexity index is 606. The van der Waals surface area contributed by atoms with Crippen molar-refractivity contribution in [1.29, 1.82) is 0 Å². The lowest BCUT2D eigenvalue weighted by molar-refractivity contribution is 0.478. The molecule has 0 aliphatic rings. The lowest BCUT2D eigenvalue weighted by Crippen LogP contribution is -2.31. The van der Waals surface area contributed by atoms with Gasteiger partial charge in [0.2, 0.25) is 10.0 Å². The maximum atomic E-state index is 12.6. The predicted molar refractivity (Wildman–Crippen MR) is 87.4 cm³/mol. The number of nitrogens with zero attached hydrogens (tertiary/aromatic N) is 1. The molecule has 0 aromatic heterocycles. The summed E-state index contributed by atoms with van der Waals surface area (Å²) >= 11 is 0. The van der Waals surface area contributed by atoms with Crippen molar-refractivity contribution in [3.63, 3.8) is 0 Å². The lowest BCUT2D eigenvalue weighted by Gasteiger charge is -2.18. The summed E-state index contributed by atoms with van der Waals surface area (Å²) in [6, 6.07) is 6.86. The van der Waals surface area contributed by atoms with Crippen molar-refractivity contribution in [1.82, 2.24) is 4.31 Å². The Hall–Kier alpha value is -1.57. The predicted octanol–water partition coefficient (Wildman–Crippen LogP) is 3.37. The first-order valence-electron chi connectivity index (χ1n) is 7.15. The van der Waals surface area contributed by atoms with Crippen LogP contribution in [0.25, 0.3) is 0 Å². The molecule has 3 nitrogen and oxygen atoms in total. The standard InChI is InChI=1S/C17H23NO2S/c1-4-6-7-8-9-15-18(14-5-2)21(19,20)17-12-10-16(3)11-13-17/h5,10-13H,2,4,6-7,14-15H2,1,3H3. The van der Waals surface area contributed by atoms with Crippen molar-refractivity contribution in [2.24, 2.45) is 0 Å². The molecule has 4 heteroatoms. The van der Waals surface area contributed by atoms with Crippen LogP contribution >= 0.6 is 0 Å². The Balaban J connectivity index is 2.89. The van der Waals surface area contributed by atoms with Gasteiger partial charge in [0.25, 0.3) is 0 Å². The second-order valence-electron chi connectivity index (χ2n) is 4.86. The zero-order valence-corrected chi connectivity index (χ0v) is 13.6. The minimum atomic E-state index is -3.51. The third-order valence-electron chi connectivity index (χ3n) is 3.03. The van der Waals surface area contributed by atoms with Crippen molar-refractivity contribution >= 4 is 10.0 Å². The van der Waals surface area contributed by atoms with Gasteiger partial charge in [-0.1, -0.05) is 43.0 Å². The van der Waals surface area contributed by atoms with Gasteiger partial charge in [-0.05, 0) is 25.5 Å². The molecule has 0 aliphatic heterocycles. The SMILES string of the molecule is C=CCN(CC#CCCCC)S(=O)(=O)c1ccc(C)cc1. The van der Waals surface area contributed by atoms with Crippen LogP contribution in [0, 0.1) is 18.8 Å². The van der Waals surface area contributed by atoms with Crippen LogP contribution in [-0.4, -0.2) is 25.8 Å². The average molecular weight is 305 g/mol. The first-order chi connectivity index (χ1) is 10.0. The summed E-state index contributed by atoms with van der Waals surface area (Å²) in [5.74, 6) is 5.96. The smallest absolute Gasteiger partial charge is 0.207 e. The van der Waals surface area contributed by atoms with Crippen LogP contribution in [0.3, 0.4) is 0 Å². The first-order valence-corrected chi connectivity index (χ1v) is 8.59. The molecule has 114 valence electrons. The summed E-state index contributed by atoms with van der Waals surface area (Å²) < 4.78 is 26.5. The molecule has 21 heavy (non-hydrogen) atoms. The molecule has 0 amide bonds. The van der Waals surface area contributed by atoms with E-state index in [0.29, 0.717) is 4.90 Å². The third-order valence-corrected chi connectivity index (χ3v) is 4.85. The molecule has 0 saturated carbocycles. The van der Waals surface area contributed by atoms with E-state index in [9.17, 15) is 8.42 Å². The van der Waals surface area contributed by atoms with E-state index in [2.05, 4.69) is 25.3 Å². The molecular formula is C17H23NO2S. The summed E-state index contributed by atoms with van der Waals surface area (Å²) in [5, 5.41) is 0. The van der Waals surface area contributed by atoms with Crippen LogP contribution in [0.2, 0.25) is 0 Å². The molecule has 0 saturated heterocycles. The third kappa shape index (κ3) is 5.37. The fourth-order valence-corrected chi connectivity index (χ4v) is 3.06. The minimum Gasteiger partial charge on any atom is -0.207 e.